The molecule has 1 atom stereocenters. The third-order valence-electron chi connectivity index (χ3n) is 3.37. The van der Waals surface area contributed by atoms with Crippen molar-refractivity contribution in [1.82, 2.24) is 0 Å². The second-order valence-electron chi connectivity index (χ2n) is 4.95. The van der Waals surface area contributed by atoms with Crippen LogP contribution in [0.25, 0.3) is 0 Å². The average molecular weight is 233 g/mol. The van der Waals surface area contributed by atoms with Crippen LogP contribution in [-0.4, -0.2) is 17.6 Å². The highest BCUT2D eigenvalue weighted by atomic mass is 16.3. The van der Waals surface area contributed by atoms with E-state index in [-0.39, 0.29) is 5.91 Å². The molecule has 0 saturated heterocycles. The van der Waals surface area contributed by atoms with Crippen molar-refractivity contribution in [2.75, 3.05) is 11.4 Å². The van der Waals surface area contributed by atoms with Gasteiger partial charge in [0.05, 0.1) is 6.10 Å². The second kappa shape index (κ2) is 4.49. The Balaban J connectivity index is 2.47. The van der Waals surface area contributed by atoms with Crippen LogP contribution in [0.3, 0.4) is 0 Å². The van der Waals surface area contributed by atoms with Gasteiger partial charge in [-0.1, -0.05) is 26.0 Å². The van der Waals surface area contributed by atoms with Crippen molar-refractivity contribution in [3.05, 3.63) is 29.3 Å². The SMILES string of the molecule is CC(=O)N1CC[C@H](O)c2cc(C(C)C)ccc21. The Morgan fingerprint density at radius 2 is 2.18 bits per heavy atom. The molecule has 92 valence electrons. The highest BCUT2D eigenvalue weighted by Gasteiger charge is 2.26. The van der Waals surface area contributed by atoms with Crippen LogP contribution in [0.4, 0.5) is 5.69 Å². The van der Waals surface area contributed by atoms with Gasteiger partial charge in [-0.3, -0.25) is 4.79 Å². The lowest BCUT2D eigenvalue weighted by Crippen LogP contribution is -2.35. The fourth-order valence-corrected chi connectivity index (χ4v) is 2.30. The van der Waals surface area contributed by atoms with Crippen LogP contribution in [0.1, 0.15) is 50.3 Å². The molecule has 0 fully saturated rings. The van der Waals surface area contributed by atoms with Crippen LogP contribution in [0.15, 0.2) is 18.2 Å². The molecule has 3 heteroatoms. The van der Waals surface area contributed by atoms with Gasteiger partial charge < -0.3 is 10.0 Å². The van der Waals surface area contributed by atoms with Crippen LogP contribution in [-0.2, 0) is 4.79 Å². The number of hydrogen-bond acceptors (Lipinski definition) is 2. The van der Waals surface area contributed by atoms with E-state index in [1.807, 2.05) is 18.2 Å². The van der Waals surface area contributed by atoms with Gasteiger partial charge in [0.1, 0.15) is 0 Å². The molecule has 1 aromatic rings. The van der Waals surface area contributed by atoms with Crippen molar-refractivity contribution in [2.45, 2.75) is 39.2 Å². The smallest absolute Gasteiger partial charge is 0.223 e. The van der Waals surface area contributed by atoms with Crippen molar-refractivity contribution in [3.8, 4) is 0 Å². The molecule has 0 radical (unpaired) electrons. The number of carbonyl (C=O) groups is 1. The van der Waals surface area contributed by atoms with E-state index in [4.69, 9.17) is 0 Å². The van der Waals surface area contributed by atoms with E-state index in [0.717, 1.165) is 11.3 Å². The van der Waals surface area contributed by atoms with Gasteiger partial charge in [0, 0.05) is 24.7 Å². The molecule has 1 N–H and O–H groups in total. The van der Waals surface area contributed by atoms with E-state index >= 15 is 0 Å². The Morgan fingerprint density at radius 1 is 1.47 bits per heavy atom. The van der Waals surface area contributed by atoms with Crippen LogP contribution in [0.2, 0.25) is 0 Å². The molecule has 1 amide bonds. The van der Waals surface area contributed by atoms with Gasteiger partial charge in [0.15, 0.2) is 0 Å². The van der Waals surface area contributed by atoms with Crippen molar-refractivity contribution in [1.29, 1.82) is 0 Å². The molecule has 3 nitrogen and oxygen atoms in total. The van der Waals surface area contributed by atoms with E-state index < -0.39 is 6.10 Å². The summed E-state index contributed by atoms with van der Waals surface area (Å²) in [6.07, 6.45) is 0.174. The topological polar surface area (TPSA) is 40.5 Å². The summed E-state index contributed by atoms with van der Waals surface area (Å²) in [5, 5.41) is 10.0. The highest BCUT2D eigenvalue weighted by molar-refractivity contribution is 5.93. The normalized spacial score (nSPS) is 19.4. The van der Waals surface area contributed by atoms with Gasteiger partial charge in [0.25, 0.3) is 0 Å². The molecule has 1 aliphatic heterocycles. The van der Waals surface area contributed by atoms with Crippen molar-refractivity contribution < 1.29 is 9.90 Å². The Bertz CT molecular complexity index is 440. The number of anilines is 1. The molecule has 0 aromatic heterocycles. The number of hydrogen-bond donors (Lipinski definition) is 1. The minimum absolute atomic E-state index is 0.0375. The van der Waals surface area contributed by atoms with Crippen LogP contribution < -0.4 is 4.90 Å². The fourth-order valence-electron chi connectivity index (χ4n) is 2.30. The van der Waals surface area contributed by atoms with E-state index in [1.54, 1.807) is 11.8 Å². The third kappa shape index (κ3) is 2.20. The largest absolute Gasteiger partial charge is 0.388 e. The third-order valence-corrected chi connectivity index (χ3v) is 3.37. The Morgan fingerprint density at radius 3 is 2.76 bits per heavy atom. The molecule has 0 spiro atoms. The molecule has 0 bridgehead atoms. The molecule has 1 heterocycles. The second-order valence-corrected chi connectivity index (χ2v) is 4.95. The van der Waals surface area contributed by atoms with E-state index in [9.17, 15) is 9.90 Å². The first-order valence-electron chi connectivity index (χ1n) is 6.10. The summed E-state index contributed by atoms with van der Waals surface area (Å²) in [4.78, 5) is 13.3. The Kier molecular flexibility index (Phi) is 3.20. The lowest BCUT2D eigenvalue weighted by atomic mass is 9.93. The summed E-state index contributed by atoms with van der Waals surface area (Å²) in [7, 11) is 0. The van der Waals surface area contributed by atoms with Gasteiger partial charge in [-0.2, -0.15) is 0 Å². The molecular formula is C14H19NO2. The zero-order valence-corrected chi connectivity index (χ0v) is 10.6. The number of fused-ring (bicyclic) bond motifs is 1. The maximum absolute atomic E-state index is 11.5. The summed E-state index contributed by atoms with van der Waals surface area (Å²) in [5.74, 6) is 0.468. The molecule has 1 aromatic carbocycles. The first kappa shape index (κ1) is 12.1. The van der Waals surface area contributed by atoms with E-state index in [2.05, 4.69) is 13.8 Å². The summed E-state index contributed by atoms with van der Waals surface area (Å²) < 4.78 is 0. The summed E-state index contributed by atoms with van der Waals surface area (Å²) >= 11 is 0. The number of amides is 1. The van der Waals surface area contributed by atoms with Gasteiger partial charge in [0.2, 0.25) is 5.91 Å². The van der Waals surface area contributed by atoms with Crippen LogP contribution in [0, 0.1) is 0 Å². The zero-order chi connectivity index (χ0) is 12.6. The minimum Gasteiger partial charge on any atom is -0.388 e. The predicted octanol–water partition coefficient (Wildman–Crippen LogP) is 2.60. The maximum Gasteiger partial charge on any atom is 0.223 e. The molecule has 0 saturated carbocycles. The average Bonchev–Trinajstić information content (AvgIpc) is 2.28. The minimum atomic E-state index is -0.445. The van der Waals surface area contributed by atoms with Crippen molar-refractivity contribution >= 4 is 11.6 Å². The zero-order valence-electron chi connectivity index (χ0n) is 10.6. The monoisotopic (exact) mass is 233 g/mol. The predicted molar refractivity (Wildman–Crippen MR) is 68.1 cm³/mol. The van der Waals surface area contributed by atoms with Gasteiger partial charge in [-0.15, -0.1) is 0 Å². The number of carbonyl (C=O) groups excluding carboxylic acids is 1. The summed E-state index contributed by atoms with van der Waals surface area (Å²) in [6, 6.07) is 6.02. The fraction of sp³-hybridized carbons (Fsp3) is 0.500. The number of benzene rings is 1. The number of aliphatic hydroxyl groups is 1. The molecule has 2 rings (SSSR count). The van der Waals surface area contributed by atoms with Crippen molar-refractivity contribution in [3.63, 3.8) is 0 Å². The quantitative estimate of drug-likeness (QED) is 0.810. The first-order valence-corrected chi connectivity index (χ1v) is 6.10. The summed E-state index contributed by atoms with van der Waals surface area (Å²) in [6.45, 7) is 6.42. The molecule has 17 heavy (non-hydrogen) atoms. The maximum atomic E-state index is 11.5. The van der Waals surface area contributed by atoms with Crippen LogP contribution >= 0.6 is 0 Å². The number of aliphatic hydroxyl groups excluding tert-OH is 1. The van der Waals surface area contributed by atoms with E-state index in [0.29, 0.717) is 18.9 Å². The first-order chi connectivity index (χ1) is 8.00. The molecule has 1 aliphatic rings. The van der Waals surface area contributed by atoms with Gasteiger partial charge in [-0.05, 0) is 24.0 Å². The summed E-state index contributed by atoms with van der Waals surface area (Å²) in [5.41, 5.74) is 2.95. The molecule has 0 aliphatic carbocycles. The Labute approximate surface area is 102 Å². The van der Waals surface area contributed by atoms with Gasteiger partial charge in [-0.25, -0.2) is 0 Å². The van der Waals surface area contributed by atoms with Crippen LogP contribution in [0.5, 0.6) is 0 Å². The Hall–Kier alpha value is -1.35. The van der Waals surface area contributed by atoms with Gasteiger partial charge >= 0.3 is 0 Å². The van der Waals surface area contributed by atoms with Crippen molar-refractivity contribution in [2.24, 2.45) is 0 Å². The lowest BCUT2D eigenvalue weighted by molar-refractivity contribution is -0.116. The number of rotatable bonds is 1. The highest BCUT2D eigenvalue weighted by Crippen LogP contribution is 2.35. The molecular weight excluding hydrogens is 214 g/mol. The van der Waals surface area contributed by atoms with E-state index in [1.165, 1.54) is 5.56 Å². The molecule has 0 unspecified atom stereocenters. The number of nitrogens with zero attached hydrogens (tertiary/aromatic N) is 1. The lowest BCUT2D eigenvalue weighted by Gasteiger charge is -2.32. The standard InChI is InChI=1S/C14H19NO2/c1-9(2)11-4-5-13-12(8-11)14(17)6-7-15(13)10(3)16/h4-5,8-9,14,17H,6-7H2,1-3H3/t14-/m0/s1.